The molecule has 0 amide bonds. The molecule has 0 aliphatic rings. The summed E-state index contributed by atoms with van der Waals surface area (Å²) in [5.74, 6) is 0. The van der Waals surface area contributed by atoms with Crippen molar-refractivity contribution in [2.75, 3.05) is 0 Å². The van der Waals surface area contributed by atoms with Crippen molar-refractivity contribution in [3.05, 3.63) is 51.4 Å². The molecule has 1 N–H and O–H groups in total. The van der Waals surface area contributed by atoms with Crippen molar-refractivity contribution in [2.24, 2.45) is 0 Å². The monoisotopic (exact) mass is 252 g/mol. The Bertz CT molecular complexity index is 442. The van der Waals surface area contributed by atoms with E-state index in [4.69, 9.17) is 11.6 Å². The molecule has 1 atom stereocenters. The van der Waals surface area contributed by atoms with E-state index in [1.54, 1.807) is 11.3 Å². The number of hydrogen-bond donors (Lipinski definition) is 1. The number of halogens is 1. The van der Waals surface area contributed by atoms with Crippen LogP contribution >= 0.6 is 22.9 Å². The Morgan fingerprint density at radius 3 is 3.06 bits per heavy atom. The molecule has 16 heavy (non-hydrogen) atoms. The summed E-state index contributed by atoms with van der Waals surface area (Å²) >= 11 is 7.61. The zero-order valence-electron chi connectivity index (χ0n) is 8.98. The van der Waals surface area contributed by atoms with Crippen molar-refractivity contribution in [3.8, 4) is 0 Å². The third-order valence-corrected chi connectivity index (χ3v) is 3.41. The summed E-state index contributed by atoms with van der Waals surface area (Å²) < 4.78 is 0. The number of hydrogen-bond acceptors (Lipinski definition) is 3. The molecule has 4 heteroatoms. The quantitative estimate of drug-likeness (QED) is 0.899. The first-order valence-corrected chi connectivity index (χ1v) is 6.38. The van der Waals surface area contributed by atoms with Crippen LogP contribution in [-0.2, 0) is 6.54 Å². The Hall–Kier alpha value is -0.900. The van der Waals surface area contributed by atoms with Gasteiger partial charge >= 0.3 is 0 Å². The smallest absolute Gasteiger partial charge is 0.106 e. The second-order valence-corrected chi connectivity index (χ2v) is 5.00. The normalized spacial score (nSPS) is 12.6. The second-order valence-electron chi connectivity index (χ2n) is 3.58. The van der Waals surface area contributed by atoms with Gasteiger partial charge in [0.2, 0.25) is 0 Å². The maximum absolute atomic E-state index is 5.95. The molecule has 1 heterocycles. The highest BCUT2D eigenvalue weighted by atomic mass is 35.5. The summed E-state index contributed by atoms with van der Waals surface area (Å²) in [5.41, 5.74) is 1.20. The molecular weight excluding hydrogens is 240 g/mol. The first kappa shape index (κ1) is 11.6. The molecule has 1 aromatic carbocycles. The lowest BCUT2D eigenvalue weighted by Gasteiger charge is -2.13. The van der Waals surface area contributed by atoms with Crippen molar-refractivity contribution in [1.29, 1.82) is 0 Å². The fraction of sp³-hybridized carbons (Fsp3) is 0.250. The molecule has 2 aromatic rings. The topological polar surface area (TPSA) is 24.9 Å². The predicted octanol–water partition coefficient (Wildman–Crippen LogP) is 3.65. The molecule has 0 unspecified atom stereocenters. The van der Waals surface area contributed by atoms with Crippen LogP contribution in [0.4, 0.5) is 0 Å². The highest BCUT2D eigenvalue weighted by Crippen LogP contribution is 2.17. The van der Waals surface area contributed by atoms with E-state index in [9.17, 15) is 0 Å². The average Bonchev–Trinajstić information content (AvgIpc) is 2.78. The average molecular weight is 253 g/mol. The molecule has 0 radical (unpaired) electrons. The van der Waals surface area contributed by atoms with Crippen LogP contribution in [0.3, 0.4) is 0 Å². The number of nitrogens with one attached hydrogen (secondary N) is 1. The Morgan fingerprint density at radius 1 is 1.50 bits per heavy atom. The first-order valence-electron chi connectivity index (χ1n) is 5.13. The van der Waals surface area contributed by atoms with E-state index in [1.165, 1.54) is 5.56 Å². The Morgan fingerprint density at radius 2 is 2.38 bits per heavy atom. The van der Waals surface area contributed by atoms with E-state index < -0.39 is 0 Å². The molecule has 0 fully saturated rings. The molecule has 1 aromatic heterocycles. The highest BCUT2D eigenvalue weighted by Gasteiger charge is 2.05. The van der Waals surface area contributed by atoms with E-state index in [0.29, 0.717) is 0 Å². The van der Waals surface area contributed by atoms with Crippen molar-refractivity contribution in [3.63, 3.8) is 0 Å². The molecule has 0 spiro atoms. The Balaban J connectivity index is 1.95. The van der Waals surface area contributed by atoms with Crippen molar-refractivity contribution < 1.29 is 0 Å². The highest BCUT2D eigenvalue weighted by molar-refractivity contribution is 7.09. The van der Waals surface area contributed by atoms with Gasteiger partial charge in [-0.05, 0) is 24.6 Å². The van der Waals surface area contributed by atoms with Crippen molar-refractivity contribution in [2.45, 2.75) is 19.5 Å². The van der Waals surface area contributed by atoms with Gasteiger partial charge in [0.15, 0.2) is 0 Å². The van der Waals surface area contributed by atoms with E-state index in [0.717, 1.165) is 16.6 Å². The van der Waals surface area contributed by atoms with Crippen LogP contribution in [0, 0.1) is 0 Å². The van der Waals surface area contributed by atoms with Gasteiger partial charge < -0.3 is 5.32 Å². The van der Waals surface area contributed by atoms with Gasteiger partial charge in [0, 0.05) is 29.2 Å². The largest absolute Gasteiger partial charge is 0.304 e. The SMILES string of the molecule is C[C@H](NCc1nccs1)c1cccc(Cl)c1. The number of benzene rings is 1. The van der Waals surface area contributed by atoms with Gasteiger partial charge in [-0.2, -0.15) is 0 Å². The summed E-state index contributed by atoms with van der Waals surface area (Å²) in [6.45, 7) is 2.92. The Kier molecular flexibility index (Phi) is 3.93. The summed E-state index contributed by atoms with van der Waals surface area (Å²) in [7, 11) is 0. The van der Waals surface area contributed by atoms with Crippen molar-refractivity contribution in [1.82, 2.24) is 10.3 Å². The molecule has 2 rings (SSSR count). The standard InChI is InChI=1S/C12H13ClN2S/c1-9(10-3-2-4-11(13)7-10)15-8-12-14-5-6-16-12/h2-7,9,15H,8H2,1H3/t9-/m0/s1. The maximum Gasteiger partial charge on any atom is 0.106 e. The third kappa shape index (κ3) is 3.04. The lowest BCUT2D eigenvalue weighted by molar-refractivity contribution is 0.573. The van der Waals surface area contributed by atoms with Gasteiger partial charge in [-0.25, -0.2) is 4.98 Å². The fourth-order valence-corrected chi connectivity index (χ4v) is 2.24. The minimum Gasteiger partial charge on any atom is -0.304 e. The minimum absolute atomic E-state index is 0.280. The van der Waals surface area contributed by atoms with Crippen LogP contribution < -0.4 is 5.32 Å². The third-order valence-electron chi connectivity index (χ3n) is 2.39. The molecule has 0 saturated carbocycles. The van der Waals surface area contributed by atoms with Gasteiger partial charge in [0.1, 0.15) is 5.01 Å². The Labute approximate surface area is 104 Å². The van der Waals surface area contributed by atoms with Gasteiger partial charge in [-0.1, -0.05) is 23.7 Å². The first-order chi connectivity index (χ1) is 7.75. The fourth-order valence-electron chi connectivity index (χ4n) is 1.47. The van der Waals surface area contributed by atoms with Crippen LogP contribution in [-0.4, -0.2) is 4.98 Å². The predicted molar refractivity (Wildman–Crippen MR) is 68.8 cm³/mol. The molecular formula is C12H13ClN2S. The minimum atomic E-state index is 0.280. The number of aromatic nitrogens is 1. The zero-order valence-corrected chi connectivity index (χ0v) is 10.6. The van der Waals surface area contributed by atoms with E-state index in [-0.39, 0.29) is 6.04 Å². The molecule has 0 saturated heterocycles. The number of nitrogens with zero attached hydrogens (tertiary/aromatic N) is 1. The van der Waals surface area contributed by atoms with Crippen LogP contribution in [0.2, 0.25) is 5.02 Å². The number of thiazole rings is 1. The van der Waals surface area contributed by atoms with Gasteiger partial charge in [-0.15, -0.1) is 11.3 Å². The molecule has 2 nitrogen and oxygen atoms in total. The van der Waals surface area contributed by atoms with Crippen LogP contribution in [0.25, 0.3) is 0 Å². The molecule has 84 valence electrons. The van der Waals surface area contributed by atoms with Gasteiger partial charge in [0.25, 0.3) is 0 Å². The summed E-state index contributed by atoms with van der Waals surface area (Å²) in [4.78, 5) is 4.23. The van der Waals surface area contributed by atoms with E-state index in [2.05, 4.69) is 23.3 Å². The lowest BCUT2D eigenvalue weighted by Crippen LogP contribution is -2.17. The lowest BCUT2D eigenvalue weighted by atomic mass is 10.1. The van der Waals surface area contributed by atoms with E-state index in [1.807, 2.05) is 29.8 Å². The molecule has 0 aliphatic carbocycles. The van der Waals surface area contributed by atoms with Crippen LogP contribution in [0.5, 0.6) is 0 Å². The molecule has 0 aliphatic heterocycles. The van der Waals surface area contributed by atoms with Gasteiger partial charge in [-0.3, -0.25) is 0 Å². The summed E-state index contributed by atoms with van der Waals surface area (Å²) in [5, 5.41) is 7.29. The van der Waals surface area contributed by atoms with E-state index >= 15 is 0 Å². The van der Waals surface area contributed by atoms with Crippen molar-refractivity contribution >= 4 is 22.9 Å². The molecule has 0 bridgehead atoms. The summed E-state index contributed by atoms with van der Waals surface area (Å²) in [6.07, 6.45) is 1.83. The maximum atomic E-state index is 5.95. The zero-order chi connectivity index (χ0) is 11.4. The summed E-state index contributed by atoms with van der Waals surface area (Å²) in [6, 6.07) is 8.20. The van der Waals surface area contributed by atoms with Crippen LogP contribution in [0.15, 0.2) is 35.8 Å². The van der Waals surface area contributed by atoms with Crippen LogP contribution in [0.1, 0.15) is 23.5 Å². The number of rotatable bonds is 4. The van der Waals surface area contributed by atoms with Gasteiger partial charge in [0.05, 0.1) is 0 Å². The second kappa shape index (κ2) is 5.43.